The molecule has 0 radical (unpaired) electrons. The number of ether oxygens (including phenoxy) is 1. The van der Waals surface area contributed by atoms with E-state index in [-0.39, 0.29) is 24.5 Å². The fourth-order valence-corrected chi connectivity index (χ4v) is 3.39. The Kier molecular flexibility index (Phi) is 4.01. The molecule has 1 aromatic heterocycles. The number of fused-ring (bicyclic) bond motifs is 3. The first-order valence-electron chi connectivity index (χ1n) is 8.28. The third-order valence-electron chi connectivity index (χ3n) is 4.60. The first kappa shape index (κ1) is 16.1. The zero-order valence-electron chi connectivity index (χ0n) is 13.8. The molecule has 0 aliphatic heterocycles. The summed E-state index contributed by atoms with van der Waals surface area (Å²) in [6.45, 7) is 0.202. The number of hydrogen-bond acceptors (Lipinski definition) is 4. The molecule has 130 valence electrons. The maximum atomic E-state index is 12.2. The predicted octanol–water partition coefficient (Wildman–Crippen LogP) is 1.96. The Bertz CT molecular complexity index is 1050. The van der Waals surface area contributed by atoms with Crippen LogP contribution >= 0.6 is 0 Å². The zero-order chi connectivity index (χ0) is 18.1. The largest absolute Gasteiger partial charge is 0.464 e. The number of benzene rings is 2. The van der Waals surface area contributed by atoms with Gasteiger partial charge in [-0.25, -0.2) is 4.79 Å². The van der Waals surface area contributed by atoms with Gasteiger partial charge < -0.3 is 9.72 Å². The molecule has 0 unspecified atom stereocenters. The number of rotatable bonds is 4. The number of hydrogen-bond donors (Lipinski definition) is 2. The second-order valence-corrected chi connectivity index (χ2v) is 6.18. The number of carbonyl (C=O) groups is 1. The smallest absolute Gasteiger partial charge is 0.325 e. The minimum absolute atomic E-state index is 0.0276. The van der Waals surface area contributed by atoms with Crippen LogP contribution < -0.4 is 11.2 Å². The highest BCUT2D eigenvalue weighted by molar-refractivity contribution is 5.79. The van der Waals surface area contributed by atoms with Crippen molar-refractivity contribution in [2.75, 3.05) is 6.61 Å². The lowest BCUT2D eigenvalue weighted by Crippen LogP contribution is -2.26. The van der Waals surface area contributed by atoms with Crippen LogP contribution in [0, 0.1) is 0 Å². The average molecular weight is 348 g/mol. The van der Waals surface area contributed by atoms with E-state index in [2.05, 4.69) is 22.1 Å². The van der Waals surface area contributed by atoms with Crippen molar-refractivity contribution in [1.29, 1.82) is 0 Å². The Morgan fingerprint density at radius 1 is 0.962 bits per heavy atom. The monoisotopic (exact) mass is 348 g/mol. The van der Waals surface area contributed by atoms with E-state index in [0.717, 1.165) is 22.3 Å². The van der Waals surface area contributed by atoms with Gasteiger partial charge in [0.25, 0.3) is 5.56 Å². The molecule has 1 heterocycles. The number of carbonyl (C=O) groups excluding carboxylic acids is 1. The molecule has 4 rings (SSSR count). The first-order valence-corrected chi connectivity index (χ1v) is 8.28. The summed E-state index contributed by atoms with van der Waals surface area (Å²) in [5, 5.41) is 0. The first-order chi connectivity index (χ1) is 12.6. The van der Waals surface area contributed by atoms with Gasteiger partial charge in [0.1, 0.15) is 6.61 Å². The van der Waals surface area contributed by atoms with Crippen LogP contribution in [-0.4, -0.2) is 22.5 Å². The van der Waals surface area contributed by atoms with E-state index < -0.39 is 17.2 Å². The molecule has 0 saturated heterocycles. The summed E-state index contributed by atoms with van der Waals surface area (Å²) in [7, 11) is 0. The molecule has 0 atom stereocenters. The molecule has 6 nitrogen and oxygen atoms in total. The molecule has 0 amide bonds. The molecule has 26 heavy (non-hydrogen) atoms. The van der Waals surface area contributed by atoms with Crippen LogP contribution in [0.3, 0.4) is 0 Å². The molecular weight excluding hydrogens is 332 g/mol. The Morgan fingerprint density at radius 2 is 1.58 bits per heavy atom. The van der Waals surface area contributed by atoms with Gasteiger partial charge in [-0.05, 0) is 22.3 Å². The van der Waals surface area contributed by atoms with Crippen LogP contribution in [0.25, 0.3) is 11.1 Å². The van der Waals surface area contributed by atoms with Gasteiger partial charge in [-0.15, -0.1) is 0 Å². The fraction of sp³-hybridized carbons (Fsp3) is 0.150. The van der Waals surface area contributed by atoms with Crippen LogP contribution in [0.4, 0.5) is 0 Å². The van der Waals surface area contributed by atoms with E-state index >= 15 is 0 Å². The van der Waals surface area contributed by atoms with Gasteiger partial charge in [-0.3, -0.25) is 14.6 Å². The van der Waals surface area contributed by atoms with Crippen LogP contribution in [-0.2, 0) is 16.0 Å². The highest BCUT2D eigenvalue weighted by atomic mass is 16.5. The Morgan fingerprint density at radius 3 is 2.19 bits per heavy atom. The third kappa shape index (κ3) is 2.86. The second-order valence-electron chi connectivity index (χ2n) is 6.18. The molecule has 1 aliphatic carbocycles. The summed E-state index contributed by atoms with van der Waals surface area (Å²) in [5.74, 6) is -0.537. The summed E-state index contributed by atoms with van der Waals surface area (Å²) in [4.78, 5) is 39.3. The second kappa shape index (κ2) is 6.48. The average Bonchev–Trinajstić information content (AvgIpc) is 2.96. The third-order valence-corrected chi connectivity index (χ3v) is 4.60. The molecule has 3 aromatic rings. The van der Waals surface area contributed by atoms with Gasteiger partial charge in [0.15, 0.2) is 0 Å². The molecule has 0 fully saturated rings. The summed E-state index contributed by atoms with van der Waals surface area (Å²) in [6, 6.07) is 16.1. The highest BCUT2D eigenvalue weighted by Gasteiger charge is 2.29. The van der Waals surface area contributed by atoms with Crippen LogP contribution in [0.1, 0.15) is 22.6 Å². The number of esters is 1. The maximum Gasteiger partial charge on any atom is 0.325 e. The molecule has 1 aliphatic rings. The zero-order valence-corrected chi connectivity index (χ0v) is 13.8. The predicted molar refractivity (Wildman–Crippen MR) is 96.1 cm³/mol. The lowest BCUT2D eigenvalue weighted by atomic mass is 9.98. The molecule has 0 saturated carbocycles. The number of H-pyrrole nitrogens is 2. The maximum absolute atomic E-state index is 12.2. The molecule has 2 N–H and O–H groups in total. The van der Waals surface area contributed by atoms with Crippen molar-refractivity contribution < 1.29 is 9.53 Å². The van der Waals surface area contributed by atoms with E-state index in [1.165, 1.54) is 6.20 Å². The van der Waals surface area contributed by atoms with Crippen LogP contribution in [0.2, 0.25) is 0 Å². The number of nitrogens with one attached hydrogen (secondary N) is 2. The van der Waals surface area contributed by atoms with Crippen molar-refractivity contribution in [2.24, 2.45) is 0 Å². The molecular formula is C20H16N2O4. The molecule has 0 spiro atoms. The Labute approximate surface area is 148 Å². The topological polar surface area (TPSA) is 92.0 Å². The van der Waals surface area contributed by atoms with Crippen molar-refractivity contribution >= 4 is 5.97 Å². The SMILES string of the molecule is O=C(Cc1c[nH]c(=O)[nH]c1=O)OCC1c2ccccc2-c2ccccc21. The molecule has 6 heteroatoms. The lowest BCUT2D eigenvalue weighted by Gasteiger charge is -2.14. The van der Waals surface area contributed by atoms with Crippen molar-refractivity contribution in [3.05, 3.63) is 92.3 Å². The van der Waals surface area contributed by atoms with Gasteiger partial charge >= 0.3 is 11.7 Å². The van der Waals surface area contributed by atoms with E-state index in [0.29, 0.717) is 0 Å². The standard InChI is InChI=1S/C20H16N2O4/c23-18(9-12-10-21-20(25)22-19(12)24)26-11-17-15-7-3-1-5-13(15)14-6-2-4-8-16(14)17/h1-8,10,17H,9,11H2,(H2,21,22,24,25). The van der Waals surface area contributed by atoms with Crippen LogP contribution in [0.15, 0.2) is 64.3 Å². The number of aromatic nitrogens is 2. The fourth-order valence-electron chi connectivity index (χ4n) is 3.39. The summed E-state index contributed by atoms with van der Waals surface area (Å²) in [6.07, 6.45) is 1.05. The minimum Gasteiger partial charge on any atom is -0.464 e. The molecule has 0 bridgehead atoms. The van der Waals surface area contributed by atoms with Gasteiger partial charge in [0.2, 0.25) is 0 Å². The van der Waals surface area contributed by atoms with E-state index in [9.17, 15) is 14.4 Å². The minimum atomic E-state index is -0.605. The Balaban J connectivity index is 1.52. The normalized spacial score (nSPS) is 12.5. The van der Waals surface area contributed by atoms with E-state index in [4.69, 9.17) is 4.74 Å². The van der Waals surface area contributed by atoms with Crippen LogP contribution in [0.5, 0.6) is 0 Å². The van der Waals surface area contributed by atoms with Crippen molar-refractivity contribution in [2.45, 2.75) is 12.3 Å². The summed E-state index contributed by atoms with van der Waals surface area (Å²) < 4.78 is 5.45. The van der Waals surface area contributed by atoms with Gasteiger partial charge in [-0.1, -0.05) is 48.5 Å². The van der Waals surface area contributed by atoms with Crippen molar-refractivity contribution in [1.82, 2.24) is 9.97 Å². The van der Waals surface area contributed by atoms with Gasteiger partial charge in [-0.2, -0.15) is 0 Å². The Hall–Kier alpha value is -3.41. The lowest BCUT2D eigenvalue weighted by molar-refractivity contribution is -0.143. The van der Waals surface area contributed by atoms with Crippen molar-refractivity contribution in [3.63, 3.8) is 0 Å². The summed E-state index contributed by atoms with van der Waals surface area (Å²) in [5.41, 5.74) is 3.55. The van der Waals surface area contributed by atoms with Crippen molar-refractivity contribution in [3.8, 4) is 11.1 Å². The van der Waals surface area contributed by atoms with Gasteiger partial charge in [0.05, 0.1) is 6.42 Å². The van der Waals surface area contributed by atoms with Gasteiger partial charge in [0, 0.05) is 17.7 Å². The highest BCUT2D eigenvalue weighted by Crippen LogP contribution is 2.44. The molecule has 2 aromatic carbocycles. The number of aromatic amines is 2. The van der Waals surface area contributed by atoms with E-state index in [1.807, 2.05) is 36.4 Å². The summed E-state index contributed by atoms with van der Waals surface area (Å²) >= 11 is 0. The van der Waals surface area contributed by atoms with E-state index in [1.54, 1.807) is 0 Å². The quantitative estimate of drug-likeness (QED) is 0.705.